The van der Waals surface area contributed by atoms with E-state index in [1.807, 2.05) is 13.8 Å². The molecule has 0 saturated carbocycles. The van der Waals surface area contributed by atoms with Crippen LogP contribution < -0.4 is 0 Å². The number of nitrogens with zero attached hydrogens (tertiary/aromatic N) is 1. The zero-order chi connectivity index (χ0) is 10.3. The van der Waals surface area contributed by atoms with Gasteiger partial charge < -0.3 is 9.33 Å². The molecule has 0 N–H and O–H groups in total. The van der Waals surface area contributed by atoms with Gasteiger partial charge in [-0.1, -0.05) is 27.7 Å². The van der Waals surface area contributed by atoms with Gasteiger partial charge in [0.05, 0.1) is 0 Å². The molecule has 0 amide bonds. The second-order valence-electron chi connectivity index (χ2n) is 3.35. The molecule has 0 fully saturated rings. The molecular weight excluding hydrogens is 182 g/mol. The first kappa shape index (κ1) is 12.6. The molecule has 0 rings (SSSR count). The zero-order valence-electron chi connectivity index (χ0n) is 9.17. The second-order valence-corrected chi connectivity index (χ2v) is 4.49. The smallest absolute Gasteiger partial charge is 0.294 e. The molecule has 0 aromatic carbocycles. The summed E-state index contributed by atoms with van der Waals surface area (Å²) in [6, 6.07) is 0. The van der Waals surface area contributed by atoms with Crippen LogP contribution in [0.4, 0.5) is 0 Å². The lowest BCUT2D eigenvalue weighted by Gasteiger charge is -2.17. The Morgan fingerprint density at radius 2 is 1.92 bits per heavy atom. The summed E-state index contributed by atoms with van der Waals surface area (Å²) in [7, 11) is -0.672. The van der Waals surface area contributed by atoms with E-state index in [2.05, 4.69) is 18.7 Å². The van der Waals surface area contributed by atoms with Crippen LogP contribution in [-0.2, 0) is 9.22 Å². The second kappa shape index (κ2) is 7.09. The van der Waals surface area contributed by atoms with Crippen LogP contribution >= 0.6 is 0 Å². The first-order valence-corrected chi connectivity index (χ1v) is 6.58. The average molecular weight is 203 g/mol. The minimum Gasteiger partial charge on any atom is -0.523 e. The molecule has 0 aromatic heterocycles. The van der Waals surface area contributed by atoms with Gasteiger partial charge in [-0.2, -0.15) is 0 Å². The van der Waals surface area contributed by atoms with Crippen molar-refractivity contribution in [2.24, 2.45) is 5.92 Å². The van der Waals surface area contributed by atoms with E-state index in [1.54, 1.807) is 0 Å². The van der Waals surface area contributed by atoms with Crippen LogP contribution in [-0.4, -0.2) is 39.9 Å². The van der Waals surface area contributed by atoms with Crippen LogP contribution in [0.5, 0.6) is 0 Å². The highest BCUT2D eigenvalue weighted by atomic mass is 28.2. The van der Waals surface area contributed by atoms with E-state index < -0.39 is 9.76 Å². The van der Waals surface area contributed by atoms with Gasteiger partial charge in [0.1, 0.15) is 0 Å². The average Bonchev–Trinajstić information content (AvgIpc) is 2.12. The molecule has 0 spiro atoms. The van der Waals surface area contributed by atoms with Crippen molar-refractivity contribution in [1.82, 2.24) is 4.90 Å². The molecule has 78 valence electrons. The molecule has 0 aliphatic carbocycles. The van der Waals surface area contributed by atoms with Crippen molar-refractivity contribution in [3.63, 3.8) is 0 Å². The maximum atomic E-state index is 11.1. The van der Waals surface area contributed by atoms with E-state index in [9.17, 15) is 4.79 Å². The quantitative estimate of drug-likeness (QED) is 0.591. The van der Waals surface area contributed by atoms with Gasteiger partial charge in [-0.05, 0) is 13.1 Å². The summed E-state index contributed by atoms with van der Waals surface area (Å²) >= 11 is 0. The molecule has 0 unspecified atom stereocenters. The zero-order valence-corrected chi connectivity index (χ0v) is 10.6. The lowest BCUT2D eigenvalue weighted by atomic mass is 10.2. The minimum atomic E-state index is -0.672. The predicted octanol–water partition coefficient (Wildman–Crippen LogP) is 0.569. The normalized spacial score (nSPS) is 11.8. The van der Waals surface area contributed by atoms with Crippen molar-refractivity contribution < 1.29 is 9.22 Å². The van der Waals surface area contributed by atoms with Crippen LogP contribution in [0, 0.1) is 5.92 Å². The third-order valence-electron chi connectivity index (χ3n) is 2.02. The molecular formula is C9H21NO2Si. The standard InChI is InChI=1S/C9H21NO2Si/c1-5-10(6-2)7-13-12-9(11)8(3)4/h8H,5-7,13H2,1-4H3. The Hall–Kier alpha value is -0.353. The summed E-state index contributed by atoms with van der Waals surface area (Å²) in [6.07, 6.45) is 0.978. The van der Waals surface area contributed by atoms with E-state index in [-0.39, 0.29) is 11.9 Å². The van der Waals surface area contributed by atoms with Gasteiger partial charge in [0, 0.05) is 12.1 Å². The largest absolute Gasteiger partial charge is 0.523 e. The molecule has 0 aromatic rings. The lowest BCUT2D eigenvalue weighted by Crippen LogP contribution is -2.30. The molecule has 0 bridgehead atoms. The fourth-order valence-electron chi connectivity index (χ4n) is 0.982. The minimum absolute atomic E-state index is 0.0178. The maximum absolute atomic E-state index is 11.1. The Morgan fingerprint density at radius 1 is 1.38 bits per heavy atom. The van der Waals surface area contributed by atoms with Crippen LogP contribution in [0.25, 0.3) is 0 Å². The molecule has 0 aliphatic heterocycles. The highest BCUT2D eigenvalue weighted by Gasteiger charge is 2.08. The summed E-state index contributed by atoms with van der Waals surface area (Å²) < 4.78 is 5.20. The van der Waals surface area contributed by atoms with Crippen molar-refractivity contribution in [3.05, 3.63) is 0 Å². The number of hydrogen-bond donors (Lipinski definition) is 0. The Labute approximate surface area is 83.4 Å². The molecule has 13 heavy (non-hydrogen) atoms. The van der Waals surface area contributed by atoms with Gasteiger partial charge in [-0.25, -0.2) is 0 Å². The van der Waals surface area contributed by atoms with E-state index in [0.29, 0.717) is 0 Å². The van der Waals surface area contributed by atoms with E-state index in [1.165, 1.54) is 0 Å². The monoisotopic (exact) mass is 203 g/mol. The van der Waals surface area contributed by atoms with Crippen LogP contribution in [0.15, 0.2) is 0 Å². The summed E-state index contributed by atoms with van der Waals surface area (Å²) in [5.74, 6) is -0.0250. The maximum Gasteiger partial charge on any atom is 0.294 e. The fourth-order valence-corrected chi connectivity index (χ4v) is 2.50. The van der Waals surface area contributed by atoms with Crippen molar-refractivity contribution in [2.75, 3.05) is 19.3 Å². The molecule has 0 saturated heterocycles. The first-order valence-electron chi connectivity index (χ1n) is 5.00. The molecule has 0 heterocycles. The third-order valence-corrected chi connectivity index (χ3v) is 3.32. The van der Waals surface area contributed by atoms with Crippen molar-refractivity contribution in [3.8, 4) is 0 Å². The van der Waals surface area contributed by atoms with Gasteiger partial charge in [-0.3, -0.25) is 4.79 Å². The Morgan fingerprint density at radius 3 is 2.31 bits per heavy atom. The van der Waals surface area contributed by atoms with Gasteiger partial charge in [0.15, 0.2) is 0 Å². The highest BCUT2D eigenvalue weighted by Crippen LogP contribution is 1.95. The Kier molecular flexibility index (Phi) is 6.90. The SMILES string of the molecule is CCN(CC)C[SiH2]OC(=O)C(C)C. The highest BCUT2D eigenvalue weighted by molar-refractivity contribution is 6.30. The van der Waals surface area contributed by atoms with Gasteiger partial charge >= 0.3 is 0 Å². The number of rotatable bonds is 6. The van der Waals surface area contributed by atoms with Crippen molar-refractivity contribution >= 4 is 15.7 Å². The van der Waals surface area contributed by atoms with E-state index in [0.717, 1.165) is 19.3 Å². The third kappa shape index (κ3) is 5.82. The molecule has 4 heteroatoms. The van der Waals surface area contributed by atoms with Gasteiger partial charge in [0.2, 0.25) is 9.76 Å². The number of hydrogen-bond acceptors (Lipinski definition) is 3. The number of carbonyl (C=O) groups is 1. The van der Waals surface area contributed by atoms with Crippen molar-refractivity contribution in [1.29, 1.82) is 0 Å². The summed E-state index contributed by atoms with van der Waals surface area (Å²) in [6.45, 7) is 10.1. The van der Waals surface area contributed by atoms with E-state index in [4.69, 9.17) is 4.43 Å². The molecule has 0 radical (unpaired) electrons. The van der Waals surface area contributed by atoms with Crippen LogP contribution in [0.3, 0.4) is 0 Å². The summed E-state index contributed by atoms with van der Waals surface area (Å²) in [5, 5.41) is 0. The Bertz CT molecular complexity index is 147. The van der Waals surface area contributed by atoms with Gasteiger partial charge in [0.25, 0.3) is 5.97 Å². The van der Waals surface area contributed by atoms with Crippen molar-refractivity contribution in [2.45, 2.75) is 27.7 Å². The molecule has 3 nitrogen and oxygen atoms in total. The predicted molar refractivity (Wildman–Crippen MR) is 57.3 cm³/mol. The Balaban J connectivity index is 3.49. The van der Waals surface area contributed by atoms with Gasteiger partial charge in [-0.15, -0.1) is 0 Å². The number of carbonyl (C=O) groups excluding carboxylic acids is 1. The topological polar surface area (TPSA) is 29.5 Å². The summed E-state index contributed by atoms with van der Waals surface area (Å²) in [5.41, 5.74) is 0. The fraction of sp³-hybridized carbons (Fsp3) is 0.889. The van der Waals surface area contributed by atoms with Crippen LogP contribution in [0.2, 0.25) is 0 Å². The summed E-state index contributed by atoms with van der Waals surface area (Å²) in [4.78, 5) is 13.4. The first-order chi connectivity index (χ1) is 6.11. The molecule has 0 aliphatic rings. The lowest BCUT2D eigenvalue weighted by molar-refractivity contribution is -0.137. The molecule has 0 atom stereocenters. The van der Waals surface area contributed by atoms with E-state index >= 15 is 0 Å². The van der Waals surface area contributed by atoms with Crippen LogP contribution in [0.1, 0.15) is 27.7 Å².